The van der Waals surface area contributed by atoms with E-state index in [9.17, 15) is 9.90 Å². The van der Waals surface area contributed by atoms with Gasteiger partial charge in [-0.3, -0.25) is 9.69 Å². The van der Waals surface area contributed by atoms with Crippen LogP contribution in [-0.2, 0) is 27.1 Å². The molecule has 7 nitrogen and oxygen atoms in total. The number of fused-ring (bicyclic) bond motifs is 1. The molecule has 1 aromatic rings. The number of halogens is 1. The quantitative estimate of drug-likeness (QED) is 0.273. The molecule has 0 saturated carbocycles. The molecule has 2 fully saturated rings. The predicted octanol–water partition coefficient (Wildman–Crippen LogP) is 5.09. The molecule has 0 aliphatic carbocycles. The molecule has 0 bridgehead atoms. The molecule has 0 unspecified atom stereocenters. The van der Waals surface area contributed by atoms with Crippen molar-refractivity contribution in [3.63, 3.8) is 0 Å². The molecule has 0 spiro atoms. The van der Waals surface area contributed by atoms with Crippen molar-refractivity contribution in [1.82, 2.24) is 9.88 Å². The third-order valence-electron chi connectivity index (χ3n) is 7.71. The molecular formula is C30H42FN3O4. The molecule has 0 aromatic carbocycles. The van der Waals surface area contributed by atoms with Gasteiger partial charge in [0.05, 0.1) is 12.5 Å². The fraction of sp³-hybridized carbons (Fsp3) is 0.600. The van der Waals surface area contributed by atoms with E-state index in [-0.39, 0.29) is 18.4 Å². The number of anilines is 1. The highest BCUT2D eigenvalue weighted by Gasteiger charge is 2.39. The minimum atomic E-state index is -1.31. The second kappa shape index (κ2) is 13.4. The maximum absolute atomic E-state index is 15.8. The second-order valence-corrected chi connectivity index (χ2v) is 10.8. The highest BCUT2D eigenvalue weighted by atomic mass is 19.1. The summed E-state index contributed by atoms with van der Waals surface area (Å²) in [6, 6.07) is 4.13. The zero-order valence-electron chi connectivity index (χ0n) is 22.6. The Hall–Kier alpha value is -2.71. The van der Waals surface area contributed by atoms with Gasteiger partial charge in [-0.1, -0.05) is 18.7 Å². The Kier molecular flexibility index (Phi) is 9.97. The third-order valence-corrected chi connectivity index (χ3v) is 7.71. The molecule has 3 aliphatic rings. The van der Waals surface area contributed by atoms with Crippen LogP contribution >= 0.6 is 0 Å². The molecule has 1 aromatic heterocycles. The lowest BCUT2D eigenvalue weighted by atomic mass is 9.95. The lowest BCUT2D eigenvalue weighted by Gasteiger charge is -2.25. The average molecular weight is 528 g/mol. The first-order valence-corrected chi connectivity index (χ1v) is 14.0. The van der Waals surface area contributed by atoms with Crippen molar-refractivity contribution >= 4 is 11.8 Å². The number of aryl methyl sites for hydroxylation is 2. The van der Waals surface area contributed by atoms with Crippen molar-refractivity contribution in [2.24, 2.45) is 5.92 Å². The number of nitrogens with one attached hydrogen (secondary N) is 1. The van der Waals surface area contributed by atoms with Crippen LogP contribution in [0.3, 0.4) is 0 Å². The number of hydrogen-bond acceptors (Lipinski definition) is 6. The molecule has 4 rings (SSSR count). The van der Waals surface area contributed by atoms with E-state index in [2.05, 4.69) is 18.0 Å². The molecule has 0 amide bonds. The first kappa shape index (κ1) is 28.3. The number of rotatable bonds is 13. The van der Waals surface area contributed by atoms with Gasteiger partial charge in [0.2, 0.25) is 0 Å². The van der Waals surface area contributed by atoms with E-state index in [0.717, 1.165) is 50.3 Å². The van der Waals surface area contributed by atoms with Crippen LogP contribution < -0.4 is 5.32 Å². The van der Waals surface area contributed by atoms with Crippen LogP contribution in [-0.4, -0.2) is 72.1 Å². The van der Waals surface area contributed by atoms with Crippen LogP contribution in [0.5, 0.6) is 0 Å². The molecule has 208 valence electrons. The Morgan fingerprint density at radius 2 is 2.32 bits per heavy atom. The van der Waals surface area contributed by atoms with Gasteiger partial charge in [-0.25, -0.2) is 9.37 Å². The number of hydrogen-bond donors (Lipinski definition) is 2. The largest absolute Gasteiger partial charge is 0.491 e. The maximum Gasteiger partial charge on any atom is 0.304 e. The van der Waals surface area contributed by atoms with E-state index < -0.39 is 11.6 Å². The number of aliphatic carboxylic acids is 1. The number of aromatic nitrogens is 1. The average Bonchev–Trinajstić information content (AvgIpc) is 3.55. The van der Waals surface area contributed by atoms with Crippen molar-refractivity contribution in [3.05, 3.63) is 59.5 Å². The summed E-state index contributed by atoms with van der Waals surface area (Å²) in [7, 11) is 0. The van der Waals surface area contributed by atoms with E-state index in [1.165, 1.54) is 5.56 Å². The summed E-state index contributed by atoms with van der Waals surface area (Å²) in [6.07, 6.45) is 11.2. The molecular weight excluding hydrogens is 485 g/mol. The Labute approximate surface area is 225 Å². The van der Waals surface area contributed by atoms with Crippen LogP contribution in [0.25, 0.3) is 0 Å². The van der Waals surface area contributed by atoms with Crippen molar-refractivity contribution in [2.45, 2.75) is 70.1 Å². The van der Waals surface area contributed by atoms with Crippen molar-refractivity contribution in [1.29, 1.82) is 0 Å². The van der Waals surface area contributed by atoms with Gasteiger partial charge in [-0.2, -0.15) is 0 Å². The van der Waals surface area contributed by atoms with Gasteiger partial charge in [0, 0.05) is 44.4 Å². The monoisotopic (exact) mass is 527 g/mol. The van der Waals surface area contributed by atoms with Crippen molar-refractivity contribution in [3.8, 4) is 0 Å². The lowest BCUT2D eigenvalue weighted by Crippen LogP contribution is -2.33. The summed E-state index contributed by atoms with van der Waals surface area (Å²) < 4.78 is 27.4. The summed E-state index contributed by atoms with van der Waals surface area (Å²) >= 11 is 0. The molecule has 8 heteroatoms. The van der Waals surface area contributed by atoms with Gasteiger partial charge in [0.1, 0.15) is 23.9 Å². The van der Waals surface area contributed by atoms with Crippen LogP contribution in [0, 0.1) is 5.92 Å². The summed E-state index contributed by atoms with van der Waals surface area (Å²) in [4.78, 5) is 18.4. The normalized spacial score (nSPS) is 24.8. The van der Waals surface area contributed by atoms with Gasteiger partial charge < -0.3 is 19.9 Å². The fourth-order valence-corrected chi connectivity index (χ4v) is 5.54. The first-order valence-electron chi connectivity index (χ1n) is 14.0. The lowest BCUT2D eigenvalue weighted by molar-refractivity contribution is -0.137. The van der Waals surface area contributed by atoms with Crippen LogP contribution in [0.4, 0.5) is 10.2 Å². The number of allylic oxidation sites excluding steroid dienone is 3. The van der Waals surface area contributed by atoms with E-state index in [0.29, 0.717) is 56.8 Å². The van der Waals surface area contributed by atoms with Crippen molar-refractivity contribution in [2.75, 3.05) is 44.7 Å². The number of likely N-dealkylation sites (tertiary alicyclic amines) is 1. The van der Waals surface area contributed by atoms with E-state index >= 15 is 4.39 Å². The summed E-state index contributed by atoms with van der Waals surface area (Å²) in [5.41, 5.74) is 1.51. The highest BCUT2D eigenvalue weighted by Crippen LogP contribution is 2.32. The minimum Gasteiger partial charge on any atom is -0.491 e. The van der Waals surface area contributed by atoms with Gasteiger partial charge in [-0.15, -0.1) is 0 Å². The Balaban J connectivity index is 1.33. The smallest absolute Gasteiger partial charge is 0.304 e. The molecule has 4 heterocycles. The highest BCUT2D eigenvalue weighted by molar-refractivity contribution is 5.67. The number of carboxylic acids is 1. The van der Waals surface area contributed by atoms with Crippen LogP contribution in [0.15, 0.2) is 48.3 Å². The SMILES string of the molecule is C=C(/C=C(\C=C/C)OC[C@@H]1CCCO1)[C@H](CC(=O)O)CN1CC[C@@](F)(CCc2ccc3c(n2)NCCC3)C1. The van der Waals surface area contributed by atoms with Gasteiger partial charge in [0.25, 0.3) is 0 Å². The van der Waals surface area contributed by atoms with Crippen molar-refractivity contribution < 1.29 is 23.8 Å². The molecule has 3 aliphatic heterocycles. The van der Waals surface area contributed by atoms with Gasteiger partial charge in [0.15, 0.2) is 0 Å². The molecule has 2 saturated heterocycles. The Morgan fingerprint density at radius 1 is 1.45 bits per heavy atom. The van der Waals surface area contributed by atoms with Crippen LogP contribution in [0.2, 0.25) is 0 Å². The topological polar surface area (TPSA) is 83.9 Å². The zero-order valence-corrected chi connectivity index (χ0v) is 22.6. The number of carbonyl (C=O) groups is 1. The van der Waals surface area contributed by atoms with Gasteiger partial charge >= 0.3 is 5.97 Å². The number of ether oxygens (including phenoxy) is 2. The number of pyridine rings is 1. The van der Waals surface area contributed by atoms with E-state index in [1.54, 1.807) is 0 Å². The summed E-state index contributed by atoms with van der Waals surface area (Å²) in [5, 5.41) is 12.9. The standard InChI is InChI=1S/C30H42FN3O4/c1-3-6-26(38-20-27-8-5-16-37-27)17-22(2)24(18-28(35)36)19-34-15-13-30(31,21-34)12-11-25-10-9-23-7-4-14-32-29(23)33-25/h3,6,9-10,17,24,27H,2,4-5,7-8,11-16,18-21H2,1H3,(H,32,33)(H,35,36)/b6-3-,26-17+/t24-,27+,30+/m1/s1. The molecule has 3 atom stereocenters. The number of alkyl halides is 1. The summed E-state index contributed by atoms with van der Waals surface area (Å²) in [5.74, 6) is 0.344. The van der Waals surface area contributed by atoms with E-state index in [4.69, 9.17) is 14.5 Å². The second-order valence-electron chi connectivity index (χ2n) is 10.8. The first-order chi connectivity index (χ1) is 18.3. The third kappa shape index (κ3) is 8.14. The number of carboxylic acid groups (broad SMARTS) is 1. The number of nitrogens with zero attached hydrogens (tertiary/aromatic N) is 2. The fourth-order valence-electron chi connectivity index (χ4n) is 5.54. The van der Waals surface area contributed by atoms with Crippen LogP contribution in [0.1, 0.15) is 56.7 Å². The Bertz CT molecular complexity index is 1040. The van der Waals surface area contributed by atoms with Gasteiger partial charge in [-0.05, 0) is 81.2 Å². The molecule has 2 N–H and O–H groups in total. The van der Waals surface area contributed by atoms with E-state index in [1.807, 2.05) is 36.1 Å². The molecule has 38 heavy (non-hydrogen) atoms. The minimum absolute atomic E-state index is 0.0635. The maximum atomic E-state index is 15.8. The predicted molar refractivity (Wildman–Crippen MR) is 147 cm³/mol. The summed E-state index contributed by atoms with van der Waals surface area (Å²) in [6.45, 7) is 9.57. The molecule has 0 radical (unpaired) electrons. The zero-order chi connectivity index (χ0) is 27.0. The Morgan fingerprint density at radius 3 is 3.08 bits per heavy atom.